The number of ether oxygens (including phenoxy) is 1. The maximum atomic E-state index is 13.5. The second kappa shape index (κ2) is 8.35. The molecule has 0 unspecified atom stereocenters. The standard InChI is InChI=1S/C22H25F3N2O3S/c1-27-12-11-17(14-27)30-20-13-16(9-10-19(20)22(23,24)25)26-31(28,29)21-8-4-6-15-5-2-3-7-18(15)21/h4,6,8-10,13,17,26H,2-3,5,7,11-12,14H2,1H3/t17-/m1/s1. The van der Waals surface area contributed by atoms with E-state index in [2.05, 4.69) is 4.72 Å². The number of hydrogen-bond donors (Lipinski definition) is 1. The predicted octanol–water partition coefficient (Wildman–Crippen LogP) is 4.47. The van der Waals surface area contributed by atoms with Gasteiger partial charge in [-0.15, -0.1) is 0 Å². The molecule has 1 saturated heterocycles. The molecule has 1 N–H and O–H groups in total. The summed E-state index contributed by atoms with van der Waals surface area (Å²) < 4.78 is 74.7. The highest BCUT2D eigenvalue weighted by Gasteiger charge is 2.36. The van der Waals surface area contributed by atoms with Gasteiger partial charge in [-0.25, -0.2) is 8.42 Å². The molecule has 168 valence electrons. The minimum absolute atomic E-state index is 0.0442. The van der Waals surface area contributed by atoms with Crippen LogP contribution in [0.25, 0.3) is 0 Å². The van der Waals surface area contributed by atoms with Gasteiger partial charge in [-0.1, -0.05) is 12.1 Å². The molecular formula is C22H25F3N2O3S. The molecular weight excluding hydrogens is 429 g/mol. The number of nitrogens with zero attached hydrogens (tertiary/aromatic N) is 1. The smallest absolute Gasteiger partial charge is 0.419 e. The van der Waals surface area contributed by atoms with Gasteiger partial charge in [0.1, 0.15) is 11.9 Å². The monoisotopic (exact) mass is 454 g/mol. The van der Waals surface area contributed by atoms with Crippen LogP contribution in [0.3, 0.4) is 0 Å². The van der Waals surface area contributed by atoms with Crippen LogP contribution in [0.5, 0.6) is 5.75 Å². The van der Waals surface area contributed by atoms with E-state index >= 15 is 0 Å². The number of anilines is 1. The number of rotatable bonds is 5. The van der Waals surface area contributed by atoms with Gasteiger partial charge in [0, 0.05) is 19.2 Å². The van der Waals surface area contributed by atoms with E-state index in [1.807, 2.05) is 18.0 Å². The molecule has 1 aliphatic heterocycles. The van der Waals surface area contributed by atoms with Gasteiger partial charge in [-0.05, 0) is 68.5 Å². The van der Waals surface area contributed by atoms with Gasteiger partial charge >= 0.3 is 6.18 Å². The van der Waals surface area contributed by atoms with Crippen molar-refractivity contribution in [3.8, 4) is 5.75 Å². The Bertz CT molecular complexity index is 1070. The minimum atomic E-state index is -4.60. The van der Waals surface area contributed by atoms with Crippen molar-refractivity contribution in [3.05, 3.63) is 53.1 Å². The highest BCUT2D eigenvalue weighted by Crippen LogP contribution is 2.39. The Morgan fingerprint density at radius 1 is 1.13 bits per heavy atom. The number of likely N-dealkylation sites (tertiary alicyclic amines) is 1. The third kappa shape index (κ3) is 4.82. The number of benzene rings is 2. The van der Waals surface area contributed by atoms with Gasteiger partial charge in [-0.2, -0.15) is 13.2 Å². The third-order valence-electron chi connectivity index (χ3n) is 5.82. The average molecular weight is 455 g/mol. The maximum absolute atomic E-state index is 13.5. The average Bonchev–Trinajstić information content (AvgIpc) is 3.11. The first kappa shape index (κ1) is 22.0. The minimum Gasteiger partial charge on any atom is -0.488 e. The third-order valence-corrected chi connectivity index (χ3v) is 7.29. The molecule has 2 aromatic rings. The molecule has 0 spiro atoms. The summed E-state index contributed by atoms with van der Waals surface area (Å²) in [4.78, 5) is 2.16. The first-order valence-corrected chi connectivity index (χ1v) is 11.8. The van der Waals surface area contributed by atoms with Crippen LogP contribution in [0.15, 0.2) is 41.3 Å². The fraction of sp³-hybridized carbons (Fsp3) is 0.455. The van der Waals surface area contributed by atoms with E-state index < -0.39 is 21.8 Å². The molecule has 2 aromatic carbocycles. The maximum Gasteiger partial charge on any atom is 0.419 e. The highest BCUT2D eigenvalue weighted by atomic mass is 32.2. The highest BCUT2D eigenvalue weighted by molar-refractivity contribution is 7.92. The lowest BCUT2D eigenvalue weighted by Crippen LogP contribution is -2.23. The van der Waals surface area contributed by atoms with Crippen LogP contribution in [-0.4, -0.2) is 39.6 Å². The number of halogens is 3. The summed E-state index contributed by atoms with van der Waals surface area (Å²) in [6.45, 7) is 1.25. The first-order valence-electron chi connectivity index (χ1n) is 10.3. The Morgan fingerprint density at radius 3 is 2.61 bits per heavy atom. The normalized spacial score (nSPS) is 19.8. The van der Waals surface area contributed by atoms with E-state index in [0.29, 0.717) is 19.4 Å². The Kier molecular flexibility index (Phi) is 5.91. The number of aryl methyl sites for hydroxylation is 1. The van der Waals surface area contributed by atoms with Crippen molar-refractivity contribution in [2.45, 2.75) is 49.3 Å². The molecule has 9 heteroatoms. The molecule has 5 nitrogen and oxygen atoms in total. The van der Waals surface area contributed by atoms with Gasteiger partial charge in [0.15, 0.2) is 0 Å². The van der Waals surface area contributed by atoms with Crippen LogP contribution in [0.4, 0.5) is 18.9 Å². The van der Waals surface area contributed by atoms with Gasteiger partial charge in [-0.3, -0.25) is 4.72 Å². The van der Waals surface area contributed by atoms with Gasteiger partial charge < -0.3 is 9.64 Å². The van der Waals surface area contributed by atoms with Gasteiger partial charge in [0.05, 0.1) is 16.1 Å². The number of sulfonamides is 1. The van der Waals surface area contributed by atoms with Crippen LogP contribution in [0.1, 0.15) is 36.0 Å². The largest absolute Gasteiger partial charge is 0.488 e. The Hall–Kier alpha value is -2.26. The summed E-state index contributed by atoms with van der Waals surface area (Å²) in [5.74, 6) is -0.358. The fourth-order valence-electron chi connectivity index (χ4n) is 4.30. The number of nitrogens with one attached hydrogen (secondary N) is 1. The summed E-state index contributed by atoms with van der Waals surface area (Å²) in [5.41, 5.74) is 0.930. The van der Waals surface area contributed by atoms with E-state index in [1.54, 1.807) is 12.1 Å². The van der Waals surface area contributed by atoms with E-state index in [9.17, 15) is 21.6 Å². The molecule has 0 bridgehead atoms. The molecule has 1 fully saturated rings. The summed E-state index contributed by atoms with van der Waals surface area (Å²) in [5, 5.41) is 0. The quantitative estimate of drug-likeness (QED) is 0.725. The van der Waals surface area contributed by atoms with Crippen molar-refractivity contribution >= 4 is 15.7 Å². The molecule has 1 atom stereocenters. The zero-order chi connectivity index (χ0) is 22.2. The molecule has 4 rings (SSSR count). The lowest BCUT2D eigenvalue weighted by Gasteiger charge is -2.21. The molecule has 0 aromatic heterocycles. The number of likely N-dealkylation sites (N-methyl/N-ethyl adjacent to an activating group) is 1. The summed E-state index contributed by atoms with van der Waals surface area (Å²) >= 11 is 0. The second-order valence-corrected chi connectivity index (χ2v) is 9.86. The van der Waals surface area contributed by atoms with Crippen molar-refractivity contribution in [2.24, 2.45) is 0 Å². The second-order valence-electron chi connectivity index (χ2n) is 8.21. The van der Waals surface area contributed by atoms with Crippen molar-refractivity contribution in [2.75, 3.05) is 24.9 Å². The lowest BCUT2D eigenvalue weighted by atomic mass is 9.92. The Labute approximate surface area is 180 Å². The van der Waals surface area contributed by atoms with E-state index in [-0.39, 0.29) is 22.4 Å². The summed E-state index contributed by atoms with van der Waals surface area (Å²) in [6.07, 6.45) is -0.946. The van der Waals surface area contributed by atoms with E-state index in [1.165, 1.54) is 0 Å². The number of fused-ring (bicyclic) bond motifs is 1. The molecule has 31 heavy (non-hydrogen) atoms. The molecule has 2 aliphatic rings. The van der Waals surface area contributed by atoms with Crippen LogP contribution in [-0.2, 0) is 29.0 Å². The topological polar surface area (TPSA) is 58.6 Å². The lowest BCUT2D eigenvalue weighted by molar-refractivity contribution is -0.139. The number of alkyl halides is 3. The van der Waals surface area contributed by atoms with Gasteiger partial charge in [0.25, 0.3) is 10.0 Å². The van der Waals surface area contributed by atoms with Crippen molar-refractivity contribution in [3.63, 3.8) is 0 Å². The van der Waals surface area contributed by atoms with E-state index in [0.717, 1.165) is 55.1 Å². The predicted molar refractivity (Wildman–Crippen MR) is 112 cm³/mol. The molecule has 1 heterocycles. The molecule has 0 radical (unpaired) electrons. The van der Waals surface area contributed by atoms with E-state index in [4.69, 9.17) is 4.74 Å². The first-order chi connectivity index (χ1) is 14.6. The van der Waals surface area contributed by atoms with Crippen LogP contribution < -0.4 is 9.46 Å². The van der Waals surface area contributed by atoms with Gasteiger partial charge in [0.2, 0.25) is 0 Å². The molecule has 1 aliphatic carbocycles. The van der Waals surface area contributed by atoms with Crippen molar-refractivity contribution < 1.29 is 26.3 Å². The Balaban J connectivity index is 1.65. The summed E-state index contributed by atoms with van der Waals surface area (Å²) in [7, 11) is -2.08. The SMILES string of the molecule is CN1CC[C@@H](Oc2cc(NS(=O)(=O)c3cccc4c3CCCC4)ccc2C(F)(F)F)C1. The summed E-state index contributed by atoms with van der Waals surface area (Å²) in [6, 6.07) is 8.30. The number of hydrogen-bond acceptors (Lipinski definition) is 4. The molecule has 0 saturated carbocycles. The van der Waals surface area contributed by atoms with Crippen LogP contribution >= 0.6 is 0 Å². The fourth-order valence-corrected chi connectivity index (χ4v) is 5.66. The van der Waals surface area contributed by atoms with Crippen LogP contribution in [0, 0.1) is 0 Å². The van der Waals surface area contributed by atoms with Crippen LogP contribution in [0.2, 0.25) is 0 Å². The van der Waals surface area contributed by atoms with Crippen molar-refractivity contribution in [1.29, 1.82) is 0 Å². The zero-order valence-electron chi connectivity index (χ0n) is 17.2. The van der Waals surface area contributed by atoms with Crippen molar-refractivity contribution in [1.82, 2.24) is 4.90 Å². The Morgan fingerprint density at radius 2 is 1.90 bits per heavy atom. The zero-order valence-corrected chi connectivity index (χ0v) is 18.0. The molecule has 0 amide bonds.